The van der Waals surface area contributed by atoms with Gasteiger partial charge in [-0.3, -0.25) is 4.79 Å². The average molecular weight is 253 g/mol. The lowest BCUT2D eigenvalue weighted by molar-refractivity contribution is 0.0769. The maximum atomic E-state index is 12.0. The van der Waals surface area contributed by atoms with Gasteiger partial charge in [0.25, 0.3) is 5.91 Å². The number of aliphatic hydroxyl groups is 1. The molecule has 1 aromatic heterocycles. The summed E-state index contributed by atoms with van der Waals surface area (Å²) in [5.74, 6) is -0.0503. The standard InChI is InChI=1S/C11H15N3O2S/c1-2-4-12-11-13-6-9(17-11)10(16)14-5-3-8(15)7-14/h2,6,8,15H,1,3-5,7H2,(H,12,13)/t8-/m1/s1. The molecule has 0 aliphatic carbocycles. The third-order valence-electron chi connectivity index (χ3n) is 2.56. The van der Waals surface area contributed by atoms with E-state index in [-0.39, 0.29) is 12.0 Å². The molecule has 1 aliphatic rings. The summed E-state index contributed by atoms with van der Waals surface area (Å²) in [4.78, 5) is 18.4. The quantitative estimate of drug-likeness (QED) is 0.784. The number of hydrogen-bond donors (Lipinski definition) is 2. The van der Waals surface area contributed by atoms with Crippen LogP contribution < -0.4 is 5.32 Å². The van der Waals surface area contributed by atoms with Gasteiger partial charge in [0.1, 0.15) is 4.88 Å². The van der Waals surface area contributed by atoms with Gasteiger partial charge in [-0.2, -0.15) is 0 Å². The third kappa shape index (κ3) is 2.83. The summed E-state index contributed by atoms with van der Waals surface area (Å²) in [6.45, 7) is 5.27. The summed E-state index contributed by atoms with van der Waals surface area (Å²) < 4.78 is 0. The Labute approximate surface area is 104 Å². The van der Waals surface area contributed by atoms with Crippen molar-refractivity contribution in [3.8, 4) is 0 Å². The van der Waals surface area contributed by atoms with Crippen molar-refractivity contribution < 1.29 is 9.90 Å². The van der Waals surface area contributed by atoms with Crippen LogP contribution in [-0.4, -0.2) is 46.6 Å². The molecule has 17 heavy (non-hydrogen) atoms. The van der Waals surface area contributed by atoms with Gasteiger partial charge in [-0.1, -0.05) is 17.4 Å². The lowest BCUT2D eigenvalue weighted by Crippen LogP contribution is -2.28. The van der Waals surface area contributed by atoms with Crippen LogP contribution in [0.4, 0.5) is 5.13 Å². The molecule has 0 unspecified atom stereocenters. The zero-order valence-corrected chi connectivity index (χ0v) is 10.2. The number of carbonyl (C=O) groups is 1. The molecule has 1 aliphatic heterocycles. The summed E-state index contributed by atoms with van der Waals surface area (Å²) in [5.41, 5.74) is 0. The number of β-amino-alcohol motifs (C(OH)–C–C–N with tert-alkyl or cyclic N) is 1. The van der Waals surface area contributed by atoms with Gasteiger partial charge in [0, 0.05) is 19.6 Å². The molecule has 1 aromatic rings. The van der Waals surface area contributed by atoms with E-state index in [0.717, 1.165) is 0 Å². The Morgan fingerprint density at radius 3 is 3.29 bits per heavy atom. The number of likely N-dealkylation sites (tertiary alicyclic amines) is 1. The number of aliphatic hydroxyl groups excluding tert-OH is 1. The molecule has 1 atom stereocenters. The van der Waals surface area contributed by atoms with E-state index >= 15 is 0 Å². The molecule has 2 rings (SSSR count). The van der Waals surface area contributed by atoms with Crippen LogP contribution in [0.2, 0.25) is 0 Å². The van der Waals surface area contributed by atoms with Gasteiger partial charge in [0.05, 0.1) is 12.3 Å². The van der Waals surface area contributed by atoms with Crippen LogP contribution in [0.25, 0.3) is 0 Å². The molecule has 92 valence electrons. The number of anilines is 1. The molecule has 2 N–H and O–H groups in total. The number of hydrogen-bond acceptors (Lipinski definition) is 5. The van der Waals surface area contributed by atoms with Crippen LogP contribution in [0.3, 0.4) is 0 Å². The Balaban J connectivity index is 1.99. The van der Waals surface area contributed by atoms with E-state index in [1.807, 2.05) is 0 Å². The number of rotatable bonds is 4. The highest BCUT2D eigenvalue weighted by Gasteiger charge is 2.26. The monoisotopic (exact) mass is 253 g/mol. The first-order chi connectivity index (χ1) is 8.20. The number of nitrogens with one attached hydrogen (secondary N) is 1. The van der Waals surface area contributed by atoms with Crippen LogP contribution in [-0.2, 0) is 0 Å². The van der Waals surface area contributed by atoms with Gasteiger partial charge in [-0.25, -0.2) is 4.98 Å². The molecular formula is C11H15N3O2S. The zero-order valence-electron chi connectivity index (χ0n) is 9.43. The Bertz CT molecular complexity index is 419. The average Bonchev–Trinajstić information content (AvgIpc) is 2.94. The number of carbonyl (C=O) groups excluding carboxylic acids is 1. The van der Waals surface area contributed by atoms with E-state index < -0.39 is 0 Å². The minimum Gasteiger partial charge on any atom is -0.391 e. The van der Waals surface area contributed by atoms with E-state index in [1.165, 1.54) is 11.3 Å². The normalized spacial score (nSPS) is 19.4. The Morgan fingerprint density at radius 2 is 2.65 bits per heavy atom. The van der Waals surface area contributed by atoms with Gasteiger partial charge in [-0.15, -0.1) is 6.58 Å². The van der Waals surface area contributed by atoms with Crippen molar-refractivity contribution in [1.29, 1.82) is 0 Å². The molecule has 0 radical (unpaired) electrons. The molecule has 0 saturated carbocycles. The minimum absolute atomic E-state index is 0.0503. The smallest absolute Gasteiger partial charge is 0.265 e. The first kappa shape index (κ1) is 12.1. The molecule has 2 heterocycles. The van der Waals surface area contributed by atoms with Crippen molar-refractivity contribution in [2.24, 2.45) is 0 Å². The predicted octanol–water partition coefficient (Wildman–Crippen LogP) is 0.948. The van der Waals surface area contributed by atoms with Gasteiger partial charge >= 0.3 is 0 Å². The maximum Gasteiger partial charge on any atom is 0.265 e. The van der Waals surface area contributed by atoms with E-state index in [1.54, 1.807) is 17.2 Å². The fraction of sp³-hybridized carbons (Fsp3) is 0.455. The highest BCUT2D eigenvalue weighted by atomic mass is 32.1. The molecule has 0 spiro atoms. The summed E-state index contributed by atoms with van der Waals surface area (Å²) >= 11 is 1.33. The van der Waals surface area contributed by atoms with Gasteiger partial charge in [-0.05, 0) is 6.42 Å². The van der Waals surface area contributed by atoms with E-state index in [4.69, 9.17) is 0 Å². The maximum absolute atomic E-state index is 12.0. The fourth-order valence-corrected chi connectivity index (χ4v) is 2.49. The molecular weight excluding hydrogens is 238 g/mol. The lowest BCUT2D eigenvalue weighted by atomic mass is 10.3. The molecule has 1 fully saturated rings. The zero-order chi connectivity index (χ0) is 12.3. The highest BCUT2D eigenvalue weighted by molar-refractivity contribution is 7.17. The van der Waals surface area contributed by atoms with Crippen molar-refractivity contribution in [3.63, 3.8) is 0 Å². The summed E-state index contributed by atoms with van der Waals surface area (Å²) in [6, 6.07) is 0. The van der Waals surface area contributed by atoms with E-state index in [2.05, 4.69) is 16.9 Å². The number of aromatic nitrogens is 1. The van der Waals surface area contributed by atoms with Crippen LogP contribution in [0.1, 0.15) is 16.1 Å². The van der Waals surface area contributed by atoms with Crippen molar-refractivity contribution in [2.75, 3.05) is 25.0 Å². The molecule has 1 amide bonds. The molecule has 0 aromatic carbocycles. The topological polar surface area (TPSA) is 65.5 Å². The van der Waals surface area contributed by atoms with Crippen molar-refractivity contribution in [3.05, 3.63) is 23.7 Å². The van der Waals surface area contributed by atoms with Crippen molar-refractivity contribution in [1.82, 2.24) is 9.88 Å². The lowest BCUT2D eigenvalue weighted by Gasteiger charge is -2.13. The summed E-state index contributed by atoms with van der Waals surface area (Å²) in [6.07, 6.45) is 3.58. The van der Waals surface area contributed by atoms with Crippen molar-refractivity contribution in [2.45, 2.75) is 12.5 Å². The fourth-order valence-electron chi connectivity index (χ4n) is 1.70. The second-order valence-electron chi connectivity index (χ2n) is 3.89. The third-order valence-corrected chi connectivity index (χ3v) is 3.51. The molecule has 6 heteroatoms. The van der Waals surface area contributed by atoms with E-state index in [0.29, 0.717) is 36.1 Å². The van der Waals surface area contributed by atoms with Gasteiger partial charge < -0.3 is 15.3 Å². The van der Waals surface area contributed by atoms with Crippen LogP contribution in [0, 0.1) is 0 Å². The highest BCUT2D eigenvalue weighted by Crippen LogP contribution is 2.21. The summed E-state index contributed by atoms with van der Waals surface area (Å²) in [7, 11) is 0. The van der Waals surface area contributed by atoms with Crippen LogP contribution >= 0.6 is 11.3 Å². The first-order valence-electron chi connectivity index (χ1n) is 5.48. The van der Waals surface area contributed by atoms with Crippen LogP contribution in [0.15, 0.2) is 18.9 Å². The molecule has 1 saturated heterocycles. The summed E-state index contributed by atoms with van der Waals surface area (Å²) in [5, 5.41) is 13.1. The van der Waals surface area contributed by atoms with Gasteiger partial charge in [0.15, 0.2) is 5.13 Å². The second kappa shape index (κ2) is 5.29. The minimum atomic E-state index is -0.384. The van der Waals surface area contributed by atoms with Crippen LogP contribution in [0.5, 0.6) is 0 Å². The van der Waals surface area contributed by atoms with Crippen molar-refractivity contribution >= 4 is 22.4 Å². The predicted molar refractivity (Wildman–Crippen MR) is 67.3 cm³/mol. The Hall–Kier alpha value is -1.40. The largest absolute Gasteiger partial charge is 0.391 e. The molecule has 0 bridgehead atoms. The van der Waals surface area contributed by atoms with Gasteiger partial charge in [0.2, 0.25) is 0 Å². The second-order valence-corrected chi connectivity index (χ2v) is 4.92. The number of nitrogens with zero attached hydrogens (tertiary/aromatic N) is 2. The number of thiazole rings is 1. The molecule has 5 nitrogen and oxygen atoms in total. The SMILES string of the molecule is C=CCNc1ncc(C(=O)N2CC[C@@H](O)C2)s1. The number of amides is 1. The first-order valence-corrected chi connectivity index (χ1v) is 6.30. The Kier molecular flexibility index (Phi) is 3.75. The van der Waals surface area contributed by atoms with E-state index in [9.17, 15) is 9.90 Å². The Morgan fingerprint density at radius 1 is 1.82 bits per heavy atom.